The lowest BCUT2D eigenvalue weighted by Gasteiger charge is -2.29. The van der Waals surface area contributed by atoms with Crippen LogP contribution in [0.1, 0.15) is 136 Å². The minimum atomic E-state index is 0. The second-order valence-electron chi connectivity index (χ2n) is 10.1. The van der Waals surface area contributed by atoms with Gasteiger partial charge in [-0.1, -0.05) is 110 Å². The Labute approximate surface area is 203 Å². The van der Waals surface area contributed by atoms with Gasteiger partial charge in [0.25, 0.3) is 0 Å². The van der Waals surface area contributed by atoms with Crippen molar-refractivity contribution in [3.05, 3.63) is 0 Å². The third kappa shape index (κ3) is 28.1. The summed E-state index contributed by atoms with van der Waals surface area (Å²) in [4.78, 5) is 5.55. The summed E-state index contributed by atoms with van der Waals surface area (Å²) in [7, 11) is 4.75. The van der Waals surface area contributed by atoms with E-state index in [1.165, 1.54) is 129 Å². The van der Waals surface area contributed by atoms with Gasteiger partial charge in [0.2, 0.25) is 0 Å². The normalized spacial score (nSPS) is 11.6. The summed E-state index contributed by atoms with van der Waals surface area (Å²) in [6, 6.07) is 0. The Morgan fingerprint density at radius 2 is 0.903 bits per heavy atom. The fourth-order valence-electron chi connectivity index (χ4n) is 4.18. The summed E-state index contributed by atoms with van der Waals surface area (Å²) in [5, 5.41) is 0. The largest absolute Gasteiger partial charge is 1.00 e. The van der Waals surface area contributed by atoms with E-state index >= 15 is 0 Å². The summed E-state index contributed by atoms with van der Waals surface area (Å²) in [6.45, 7) is 8.89. The third-order valence-corrected chi connectivity index (χ3v) is 6.36. The molecule has 1 N–H and O–H groups in total. The predicted octanol–water partition coefficient (Wildman–Crippen LogP) is 5.04. The Kier molecular flexibility index (Phi) is 28.4. The Morgan fingerprint density at radius 1 is 0.516 bits per heavy atom. The number of halogens is 1. The van der Waals surface area contributed by atoms with Crippen LogP contribution in [0.15, 0.2) is 0 Å². The van der Waals surface area contributed by atoms with Crippen molar-refractivity contribution in [3.8, 4) is 0 Å². The molecule has 0 bridgehead atoms. The van der Waals surface area contributed by atoms with Crippen molar-refractivity contribution >= 4 is 0 Å². The molecule has 0 aromatic carbocycles. The van der Waals surface area contributed by atoms with Crippen molar-refractivity contribution in [2.45, 2.75) is 136 Å². The lowest BCUT2D eigenvalue weighted by atomic mass is 10.0. The first-order valence-corrected chi connectivity index (χ1v) is 13.8. The molecule has 0 spiro atoms. The van der Waals surface area contributed by atoms with E-state index in [1.807, 2.05) is 0 Å². The molecule has 0 amide bonds. The van der Waals surface area contributed by atoms with Crippen molar-refractivity contribution in [1.29, 1.82) is 0 Å². The number of nitrogens with one attached hydrogen (secondary N) is 1. The Morgan fingerprint density at radius 3 is 1.39 bits per heavy atom. The highest BCUT2D eigenvalue weighted by Crippen LogP contribution is 2.14. The van der Waals surface area contributed by atoms with E-state index in [0.29, 0.717) is 0 Å². The molecule has 3 nitrogen and oxygen atoms in total. The molecule has 0 saturated carbocycles. The quantitative estimate of drug-likeness (QED) is 0.116. The van der Waals surface area contributed by atoms with E-state index in [1.54, 1.807) is 0 Å². The monoisotopic (exact) mass is 462 g/mol. The lowest BCUT2D eigenvalue weighted by molar-refractivity contribution is -0.890. The number of unbranched alkanes of at least 4 members (excludes halogenated alkanes) is 16. The fourth-order valence-corrected chi connectivity index (χ4v) is 4.18. The fraction of sp³-hybridized carbons (Fsp3) is 1.00. The minimum Gasteiger partial charge on any atom is -1.00 e. The molecule has 0 rings (SSSR count). The van der Waals surface area contributed by atoms with Gasteiger partial charge in [0, 0.05) is 13.0 Å². The summed E-state index contributed by atoms with van der Waals surface area (Å²) in [5.41, 5.74) is 3.10. The summed E-state index contributed by atoms with van der Waals surface area (Å²) >= 11 is 0. The molecule has 0 aliphatic carbocycles. The molecule has 0 aliphatic rings. The second kappa shape index (κ2) is 26.4. The first-order valence-electron chi connectivity index (χ1n) is 13.8. The topological polar surface area (TPSA) is 21.3 Å². The maximum absolute atomic E-state index is 5.55. The van der Waals surface area contributed by atoms with Crippen LogP contribution in [0.25, 0.3) is 0 Å². The van der Waals surface area contributed by atoms with Gasteiger partial charge in [-0.3, -0.25) is 0 Å². The Bertz CT molecular complexity index is 326. The molecule has 0 fully saturated rings. The molecule has 31 heavy (non-hydrogen) atoms. The van der Waals surface area contributed by atoms with Crippen LogP contribution >= 0.6 is 0 Å². The molecule has 0 aromatic heterocycles. The van der Waals surface area contributed by atoms with Gasteiger partial charge in [-0.15, -0.1) is 0 Å². The van der Waals surface area contributed by atoms with Gasteiger partial charge in [-0.2, -0.15) is 0 Å². The molecule has 0 atom stereocenters. The van der Waals surface area contributed by atoms with E-state index in [4.69, 9.17) is 4.84 Å². The molecular weight excluding hydrogens is 404 g/mol. The van der Waals surface area contributed by atoms with Crippen LogP contribution in [-0.4, -0.2) is 44.8 Å². The van der Waals surface area contributed by atoms with Crippen molar-refractivity contribution in [1.82, 2.24) is 5.48 Å². The van der Waals surface area contributed by atoms with Crippen LogP contribution in [0.4, 0.5) is 0 Å². The summed E-state index contributed by atoms with van der Waals surface area (Å²) in [6.07, 6.45) is 26.6. The van der Waals surface area contributed by atoms with Crippen molar-refractivity contribution in [2.75, 3.05) is 40.3 Å². The third-order valence-electron chi connectivity index (χ3n) is 6.36. The summed E-state index contributed by atoms with van der Waals surface area (Å²) < 4.78 is 1.14. The van der Waals surface area contributed by atoms with E-state index in [2.05, 4.69) is 33.4 Å². The number of hydrogen-bond donors (Lipinski definition) is 1. The summed E-state index contributed by atoms with van der Waals surface area (Å²) in [5.74, 6) is 0. The molecule has 0 unspecified atom stereocenters. The maximum atomic E-state index is 5.55. The second-order valence-corrected chi connectivity index (χ2v) is 10.1. The average Bonchev–Trinajstić information content (AvgIpc) is 2.72. The zero-order valence-electron chi connectivity index (χ0n) is 22.0. The lowest BCUT2D eigenvalue weighted by Crippen LogP contribution is -3.00. The first kappa shape index (κ1) is 33.3. The molecule has 0 radical (unpaired) electrons. The Hall–Kier alpha value is 0.170. The molecule has 0 heterocycles. The number of hydroxylamine groups is 1. The van der Waals surface area contributed by atoms with Crippen LogP contribution in [0.2, 0.25) is 0 Å². The number of nitrogens with zero attached hydrogens (tertiary/aromatic N) is 1. The Balaban J connectivity index is 0. The zero-order valence-corrected chi connectivity index (χ0v) is 22.8. The van der Waals surface area contributed by atoms with Crippen LogP contribution < -0.4 is 17.9 Å². The predicted molar refractivity (Wildman–Crippen MR) is 135 cm³/mol. The van der Waals surface area contributed by atoms with Gasteiger partial charge in [-0.05, 0) is 19.3 Å². The SMILES string of the molecule is CCCCCCCCCCCCCCCCC[N+](C)(C)CCCONCCCCC.[Cl-]. The van der Waals surface area contributed by atoms with Crippen LogP contribution in [0.3, 0.4) is 0 Å². The van der Waals surface area contributed by atoms with Crippen LogP contribution in [-0.2, 0) is 4.84 Å². The van der Waals surface area contributed by atoms with E-state index in [9.17, 15) is 0 Å². The van der Waals surface area contributed by atoms with Crippen LogP contribution in [0, 0.1) is 0 Å². The van der Waals surface area contributed by atoms with E-state index in [0.717, 1.165) is 24.1 Å². The van der Waals surface area contributed by atoms with Gasteiger partial charge < -0.3 is 21.7 Å². The highest BCUT2D eigenvalue weighted by Gasteiger charge is 2.13. The molecule has 4 heteroatoms. The zero-order chi connectivity index (χ0) is 22.2. The number of quaternary nitrogens is 1. The van der Waals surface area contributed by atoms with E-state index < -0.39 is 0 Å². The highest BCUT2D eigenvalue weighted by molar-refractivity contribution is 4.50. The molecular formula is C27H59ClN2O. The minimum absolute atomic E-state index is 0. The molecule has 0 aromatic rings. The highest BCUT2D eigenvalue weighted by atomic mass is 35.5. The molecule has 190 valence electrons. The maximum Gasteiger partial charge on any atom is 0.0805 e. The number of hydrogen-bond acceptors (Lipinski definition) is 2. The van der Waals surface area contributed by atoms with Gasteiger partial charge >= 0.3 is 0 Å². The number of rotatable bonds is 25. The van der Waals surface area contributed by atoms with Crippen molar-refractivity contribution in [2.24, 2.45) is 0 Å². The molecule has 0 saturated heterocycles. The van der Waals surface area contributed by atoms with E-state index in [-0.39, 0.29) is 12.4 Å². The van der Waals surface area contributed by atoms with Crippen molar-refractivity contribution in [3.63, 3.8) is 0 Å². The smallest absolute Gasteiger partial charge is 0.0805 e. The van der Waals surface area contributed by atoms with Gasteiger partial charge in [0.1, 0.15) is 0 Å². The van der Waals surface area contributed by atoms with Gasteiger partial charge in [0.15, 0.2) is 0 Å². The average molecular weight is 463 g/mol. The van der Waals surface area contributed by atoms with Gasteiger partial charge in [0.05, 0.1) is 33.8 Å². The van der Waals surface area contributed by atoms with Gasteiger partial charge in [-0.25, -0.2) is 5.48 Å². The standard InChI is InChI=1S/C27H59N2O.ClH/c1-5-7-9-10-11-12-13-14-15-16-17-18-19-20-22-25-29(3,4)26-23-27-30-28-24-21-8-6-2;/h28H,5-27H2,1-4H3;1H/q+1;/p-1. The molecule has 0 aliphatic heterocycles. The van der Waals surface area contributed by atoms with Crippen LogP contribution in [0.5, 0.6) is 0 Å². The first-order chi connectivity index (χ1) is 14.6. The van der Waals surface area contributed by atoms with Crippen molar-refractivity contribution < 1.29 is 21.7 Å².